The summed E-state index contributed by atoms with van der Waals surface area (Å²) in [4.78, 5) is 18.8. The normalized spacial score (nSPS) is 18.7. The minimum Gasteiger partial charge on any atom is -0.332 e. The molecule has 2 aromatic rings. The van der Waals surface area contributed by atoms with Gasteiger partial charge in [-0.05, 0) is 51.3 Å². The maximum Gasteiger partial charge on any atom is 0.257 e. The lowest BCUT2D eigenvalue weighted by Crippen LogP contribution is -2.30. The van der Waals surface area contributed by atoms with E-state index in [1.165, 1.54) is 0 Å². The fourth-order valence-corrected chi connectivity index (χ4v) is 2.91. The molecule has 0 spiro atoms. The van der Waals surface area contributed by atoms with Gasteiger partial charge < -0.3 is 4.90 Å². The summed E-state index contributed by atoms with van der Waals surface area (Å²) in [5, 5.41) is 4.34. The lowest BCUT2D eigenvalue weighted by Gasteiger charge is -2.24. The van der Waals surface area contributed by atoms with Gasteiger partial charge in [0.1, 0.15) is 0 Å². The van der Waals surface area contributed by atoms with E-state index in [-0.39, 0.29) is 17.5 Å². The molecule has 1 saturated heterocycles. The highest BCUT2D eigenvalue weighted by Crippen LogP contribution is 2.32. The molecule has 5 nitrogen and oxygen atoms in total. The lowest BCUT2D eigenvalue weighted by molar-refractivity contribution is 0.0735. The van der Waals surface area contributed by atoms with Crippen molar-refractivity contribution < 1.29 is 4.79 Å². The molecule has 2 aromatic heterocycles. The van der Waals surface area contributed by atoms with Gasteiger partial charge in [0.2, 0.25) is 0 Å². The van der Waals surface area contributed by atoms with Gasteiger partial charge in [-0.2, -0.15) is 5.10 Å². The van der Waals surface area contributed by atoms with Gasteiger partial charge in [-0.1, -0.05) is 0 Å². The Hall–Kier alpha value is -2.17. The van der Waals surface area contributed by atoms with Crippen molar-refractivity contribution in [2.45, 2.75) is 45.2 Å². The second-order valence-electron chi connectivity index (χ2n) is 6.78. The monoisotopic (exact) mass is 298 g/mol. The van der Waals surface area contributed by atoms with Crippen molar-refractivity contribution in [1.82, 2.24) is 19.7 Å². The summed E-state index contributed by atoms with van der Waals surface area (Å²) in [5.74, 6) is 0.0646. The molecule has 1 aliphatic rings. The first-order chi connectivity index (χ1) is 10.5. The smallest absolute Gasteiger partial charge is 0.257 e. The topological polar surface area (TPSA) is 51.0 Å². The first kappa shape index (κ1) is 14.8. The van der Waals surface area contributed by atoms with Crippen LogP contribution in [0.25, 0.3) is 0 Å². The van der Waals surface area contributed by atoms with Crippen LogP contribution in [0.5, 0.6) is 0 Å². The van der Waals surface area contributed by atoms with Crippen LogP contribution in [0.15, 0.2) is 36.9 Å². The van der Waals surface area contributed by atoms with Crippen LogP contribution in [0.1, 0.15) is 55.6 Å². The predicted molar refractivity (Wildman–Crippen MR) is 84.5 cm³/mol. The largest absolute Gasteiger partial charge is 0.332 e. The summed E-state index contributed by atoms with van der Waals surface area (Å²) in [6.45, 7) is 7.02. The van der Waals surface area contributed by atoms with Crippen LogP contribution in [0.2, 0.25) is 0 Å². The first-order valence-corrected chi connectivity index (χ1v) is 7.73. The first-order valence-electron chi connectivity index (χ1n) is 7.73. The zero-order chi connectivity index (χ0) is 15.7. The zero-order valence-electron chi connectivity index (χ0n) is 13.4. The third-order valence-electron chi connectivity index (χ3n) is 4.12. The molecule has 3 rings (SSSR count). The lowest BCUT2D eigenvalue weighted by atomic mass is 10.1. The van der Waals surface area contributed by atoms with E-state index in [1.807, 2.05) is 27.9 Å². The minimum absolute atomic E-state index is 0.0646. The highest BCUT2D eigenvalue weighted by molar-refractivity contribution is 5.94. The van der Waals surface area contributed by atoms with E-state index in [9.17, 15) is 4.79 Å². The Bertz CT molecular complexity index is 657. The van der Waals surface area contributed by atoms with Crippen LogP contribution < -0.4 is 0 Å². The maximum absolute atomic E-state index is 12.8. The van der Waals surface area contributed by atoms with Gasteiger partial charge in [-0.25, -0.2) is 0 Å². The van der Waals surface area contributed by atoms with E-state index >= 15 is 0 Å². The fraction of sp³-hybridized carbons (Fsp3) is 0.471. The van der Waals surface area contributed by atoms with E-state index in [2.05, 4.69) is 30.9 Å². The molecule has 0 bridgehead atoms. The summed E-state index contributed by atoms with van der Waals surface area (Å²) in [5.41, 5.74) is 1.70. The Balaban J connectivity index is 1.84. The van der Waals surface area contributed by atoms with Gasteiger partial charge in [0, 0.05) is 25.1 Å². The Morgan fingerprint density at radius 3 is 2.64 bits per heavy atom. The Morgan fingerprint density at radius 1 is 1.27 bits per heavy atom. The van der Waals surface area contributed by atoms with Crippen LogP contribution in [-0.2, 0) is 5.54 Å². The van der Waals surface area contributed by atoms with Gasteiger partial charge in [0.15, 0.2) is 0 Å². The maximum atomic E-state index is 12.8. The average Bonchev–Trinajstić information content (AvgIpc) is 3.16. The molecule has 1 aliphatic heterocycles. The third kappa shape index (κ3) is 2.75. The molecule has 116 valence electrons. The second-order valence-corrected chi connectivity index (χ2v) is 6.78. The van der Waals surface area contributed by atoms with Gasteiger partial charge in [-0.15, -0.1) is 0 Å². The van der Waals surface area contributed by atoms with Crippen molar-refractivity contribution >= 4 is 5.91 Å². The number of aromatic nitrogens is 3. The molecule has 1 fully saturated rings. The number of nitrogens with zero attached hydrogens (tertiary/aromatic N) is 4. The molecule has 0 saturated carbocycles. The van der Waals surface area contributed by atoms with Gasteiger partial charge in [0.05, 0.1) is 23.3 Å². The summed E-state index contributed by atoms with van der Waals surface area (Å²) in [6, 6.07) is 4.14. The van der Waals surface area contributed by atoms with E-state index in [1.54, 1.807) is 18.6 Å². The standard InChI is InChI=1S/C17H22N4O/c1-17(2,3)21-12-14(11-19-21)16(22)20-10-4-5-15(20)13-6-8-18-9-7-13/h6-9,11-12,15H,4-5,10H2,1-3H3/t15-/m1/s1. The van der Waals surface area contributed by atoms with Crippen molar-refractivity contribution in [1.29, 1.82) is 0 Å². The number of rotatable bonds is 2. The van der Waals surface area contributed by atoms with Crippen LogP contribution in [0, 0.1) is 0 Å². The second kappa shape index (κ2) is 5.55. The molecule has 0 N–H and O–H groups in total. The average molecular weight is 298 g/mol. The summed E-state index contributed by atoms with van der Waals surface area (Å²) in [6.07, 6.45) is 9.14. The summed E-state index contributed by atoms with van der Waals surface area (Å²) < 4.78 is 1.84. The Morgan fingerprint density at radius 2 is 2.00 bits per heavy atom. The molecule has 3 heterocycles. The van der Waals surface area contributed by atoms with Crippen LogP contribution in [0.3, 0.4) is 0 Å². The van der Waals surface area contributed by atoms with Crippen molar-refractivity contribution in [3.63, 3.8) is 0 Å². The Labute approximate surface area is 131 Å². The number of carbonyl (C=O) groups excluding carboxylic acids is 1. The van der Waals surface area contributed by atoms with Crippen molar-refractivity contribution in [3.8, 4) is 0 Å². The van der Waals surface area contributed by atoms with E-state index in [0.717, 1.165) is 24.9 Å². The van der Waals surface area contributed by atoms with Crippen LogP contribution >= 0.6 is 0 Å². The van der Waals surface area contributed by atoms with Gasteiger partial charge >= 0.3 is 0 Å². The molecule has 0 aromatic carbocycles. The number of likely N-dealkylation sites (tertiary alicyclic amines) is 1. The zero-order valence-corrected chi connectivity index (χ0v) is 13.4. The van der Waals surface area contributed by atoms with Crippen molar-refractivity contribution in [3.05, 3.63) is 48.0 Å². The number of hydrogen-bond donors (Lipinski definition) is 0. The number of carbonyl (C=O) groups is 1. The molecule has 5 heteroatoms. The summed E-state index contributed by atoms with van der Waals surface area (Å²) in [7, 11) is 0. The van der Waals surface area contributed by atoms with Gasteiger partial charge in [0.25, 0.3) is 5.91 Å². The van der Waals surface area contributed by atoms with E-state index < -0.39 is 0 Å². The van der Waals surface area contributed by atoms with Gasteiger partial charge in [-0.3, -0.25) is 14.5 Å². The highest BCUT2D eigenvalue weighted by atomic mass is 16.2. The Kier molecular flexibility index (Phi) is 3.72. The SMILES string of the molecule is CC(C)(C)n1cc(C(=O)N2CCC[C@@H]2c2ccncc2)cn1. The molecule has 0 unspecified atom stereocenters. The third-order valence-corrected chi connectivity index (χ3v) is 4.12. The van der Waals surface area contributed by atoms with Crippen molar-refractivity contribution in [2.75, 3.05) is 6.54 Å². The minimum atomic E-state index is -0.117. The van der Waals surface area contributed by atoms with Crippen LogP contribution in [0.4, 0.5) is 0 Å². The number of hydrogen-bond acceptors (Lipinski definition) is 3. The number of amides is 1. The molecule has 1 atom stereocenters. The van der Waals surface area contributed by atoms with Crippen molar-refractivity contribution in [2.24, 2.45) is 0 Å². The van der Waals surface area contributed by atoms with E-state index in [4.69, 9.17) is 0 Å². The molecule has 0 radical (unpaired) electrons. The quantitative estimate of drug-likeness (QED) is 0.856. The molecule has 22 heavy (non-hydrogen) atoms. The summed E-state index contributed by atoms with van der Waals surface area (Å²) >= 11 is 0. The molecular weight excluding hydrogens is 276 g/mol. The molecule has 0 aliphatic carbocycles. The van der Waals surface area contributed by atoms with E-state index in [0.29, 0.717) is 5.56 Å². The highest BCUT2D eigenvalue weighted by Gasteiger charge is 2.31. The van der Waals surface area contributed by atoms with Crippen LogP contribution in [-0.4, -0.2) is 32.1 Å². The predicted octanol–water partition coefficient (Wildman–Crippen LogP) is 3.01. The fourth-order valence-electron chi connectivity index (χ4n) is 2.91. The number of pyridine rings is 1. The molecular formula is C17H22N4O. The molecule has 1 amide bonds.